The lowest BCUT2D eigenvalue weighted by Gasteiger charge is -2.75. The van der Waals surface area contributed by atoms with E-state index in [0.29, 0.717) is 38.8 Å². The lowest BCUT2D eigenvalue weighted by atomic mass is 9.30. The predicted octanol–water partition coefficient (Wildman–Crippen LogP) is 8.83. The Morgan fingerprint density at radius 3 is 2.00 bits per heavy atom. The minimum Gasteiger partial charge on any atom is -0.298 e. The molecule has 5 aliphatic rings. The summed E-state index contributed by atoms with van der Waals surface area (Å²) in [5, 5.41) is 0. The molecule has 0 radical (unpaired) electrons. The van der Waals surface area contributed by atoms with Crippen LogP contribution in [-0.4, -0.2) is 10.6 Å². The minimum absolute atomic E-state index is 0.0704. The van der Waals surface area contributed by atoms with E-state index in [4.69, 9.17) is 0 Å². The van der Waals surface area contributed by atoms with Crippen LogP contribution >= 0.6 is 15.9 Å². The van der Waals surface area contributed by atoms with Crippen LogP contribution in [0.15, 0.2) is 0 Å². The van der Waals surface area contributed by atoms with Crippen molar-refractivity contribution in [1.82, 2.24) is 0 Å². The van der Waals surface area contributed by atoms with Crippen LogP contribution in [0.2, 0.25) is 0 Å². The van der Waals surface area contributed by atoms with E-state index < -0.39 is 0 Å². The summed E-state index contributed by atoms with van der Waals surface area (Å²) in [6.07, 6.45) is 13.6. The zero-order valence-corrected chi connectivity index (χ0v) is 23.8. The zero-order valence-electron chi connectivity index (χ0n) is 22.2. The van der Waals surface area contributed by atoms with Crippen molar-refractivity contribution < 1.29 is 4.79 Å². The maximum absolute atomic E-state index is 13.0. The van der Waals surface area contributed by atoms with Gasteiger partial charge in [-0.1, -0.05) is 71.3 Å². The zero-order chi connectivity index (χ0) is 23.5. The summed E-state index contributed by atoms with van der Waals surface area (Å²) < 4.78 is 0. The maximum Gasteiger partial charge on any atom is 0.149 e. The summed E-state index contributed by atoms with van der Waals surface area (Å²) in [6, 6.07) is 0. The molecular weight excluding hydrogens is 456 g/mol. The SMILES string of the molecule is CC1C(=O)C(Br)CC2C1(C)CCC1C2(C)CCC2(C)C3CC(C)(C)CCC3(C)CCC12C. The number of fused-ring (bicyclic) bond motifs is 7. The van der Waals surface area contributed by atoms with E-state index >= 15 is 0 Å². The lowest BCUT2D eigenvalue weighted by molar-refractivity contribution is -0.256. The third-order valence-corrected chi connectivity index (χ3v) is 14.6. The molecule has 0 spiro atoms. The molecule has 0 N–H and O–H groups in total. The first kappa shape index (κ1) is 23.9. The fourth-order valence-corrected chi connectivity index (χ4v) is 11.9. The molecule has 0 heterocycles. The third kappa shape index (κ3) is 2.83. The number of hydrogen-bond donors (Lipinski definition) is 0. The number of rotatable bonds is 0. The van der Waals surface area contributed by atoms with Crippen LogP contribution in [0.4, 0.5) is 0 Å². The Morgan fingerprint density at radius 2 is 1.31 bits per heavy atom. The molecule has 10 atom stereocenters. The van der Waals surface area contributed by atoms with Crippen molar-refractivity contribution in [3.05, 3.63) is 0 Å². The van der Waals surface area contributed by atoms with Crippen LogP contribution in [0.5, 0.6) is 0 Å². The van der Waals surface area contributed by atoms with E-state index in [9.17, 15) is 4.79 Å². The second-order valence-electron chi connectivity index (χ2n) is 15.4. The molecule has 5 aliphatic carbocycles. The van der Waals surface area contributed by atoms with Gasteiger partial charge >= 0.3 is 0 Å². The Morgan fingerprint density at radius 1 is 0.719 bits per heavy atom. The average Bonchev–Trinajstić information content (AvgIpc) is 2.72. The topological polar surface area (TPSA) is 17.1 Å². The predicted molar refractivity (Wildman–Crippen MR) is 138 cm³/mol. The molecule has 0 aromatic rings. The van der Waals surface area contributed by atoms with Crippen molar-refractivity contribution >= 4 is 21.7 Å². The number of halogens is 1. The highest BCUT2D eigenvalue weighted by Gasteiger charge is 2.71. The van der Waals surface area contributed by atoms with Gasteiger partial charge in [-0.3, -0.25) is 4.79 Å². The molecule has 0 aliphatic heterocycles. The van der Waals surface area contributed by atoms with E-state index in [1.54, 1.807) is 0 Å². The van der Waals surface area contributed by atoms with Crippen molar-refractivity contribution in [2.45, 2.75) is 124 Å². The summed E-state index contributed by atoms with van der Waals surface area (Å²) >= 11 is 3.83. The highest BCUT2D eigenvalue weighted by molar-refractivity contribution is 9.10. The minimum atomic E-state index is 0.0704. The fraction of sp³-hybridized carbons (Fsp3) is 0.967. The van der Waals surface area contributed by atoms with Gasteiger partial charge in [0.05, 0.1) is 4.83 Å². The first-order valence-corrected chi connectivity index (χ1v) is 14.7. The molecule has 0 saturated heterocycles. The summed E-state index contributed by atoms with van der Waals surface area (Å²) in [5.74, 6) is 3.00. The van der Waals surface area contributed by atoms with Gasteiger partial charge in [-0.25, -0.2) is 0 Å². The highest BCUT2D eigenvalue weighted by atomic mass is 79.9. The molecule has 5 fully saturated rings. The number of ketones is 1. The van der Waals surface area contributed by atoms with Crippen molar-refractivity contribution in [2.75, 3.05) is 0 Å². The smallest absolute Gasteiger partial charge is 0.149 e. The molecule has 5 rings (SSSR count). The quantitative estimate of drug-likeness (QED) is 0.301. The number of hydrogen-bond acceptors (Lipinski definition) is 1. The van der Waals surface area contributed by atoms with E-state index in [-0.39, 0.29) is 16.2 Å². The third-order valence-electron chi connectivity index (χ3n) is 13.7. The second kappa shape index (κ2) is 6.88. The Bertz CT molecular complexity index is 818. The Kier molecular flexibility index (Phi) is 5.13. The van der Waals surface area contributed by atoms with E-state index in [0.717, 1.165) is 18.3 Å². The van der Waals surface area contributed by atoms with Gasteiger partial charge in [0.2, 0.25) is 0 Å². The molecule has 0 aromatic carbocycles. The molecule has 182 valence electrons. The monoisotopic (exact) mass is 504 g/mol. The van der Waals surface area contributed by atoms with Crippen LogP contribution in [0.1, 0.15) is 120 Å². The Hall–Kier alpha value is 0.150. The second-order valence-corrected chi connectivity index (χ2v) is 16.5. The molecular formula is C30H49BrO. The van der Waals surface area contributed by atoms with Crippen molar-refractivity contribution in [3.8, 4) is 0 Å². The van der Waals surface area contributed by atoms with Crippen molar-refractivity contribution in [3.63, 3.8) is 0 Å². The molecule has 0 bridgehead atoms. The van der Waals surface area contributed by atoms with E-state index in [2.05, 4.69) is 71.3 Å². The first-order chi connectivity index (χ1) is 14.6. The lowest BCUT2D eigenvalue weighted by Crippen LogP contribution is -2.68. The Labute approximate surface area is 206 Å². The molecule has 1 nitrogen and oxygen atoms in total. The summed E-state index contributed by atoms with van der Waals surface area (Å²) in [7, 11) is 0. The fourth-order valence-electron chi connectivity index (χ4n) is 11.1. The van der Waals surface area contributed by atoms with Crippen molar-refractivity contribution in [2.24, 2.45) is 56.2 Å². The number of alkyl halides is 1. The Balaban J connectivity index is 1.55. The number of carbonyl (C=O) groups is 1. The van der Waals surface area contributed by atoms with Gasteiger partial charge in [-0.2, -0.15) is 0 Å². The highest BCUT2D eigenvalue weighted by Crippen LogP contribution is 2.78. The van der Waals surface area contributed by atoms with Crippen LogP contribution in [0.3, 0.4) is 0 Å². The molecule has 2 heteroatoms. The van der Waals surface area contributed by atoms with Crippen LogP contribution < -0.4 is 0 Å². The molecule has 0 amide bonds. The molecule has 32 heavy (non-hydrogen) atoms. The largest absolute Gasteiger partial charge is 0.298 e. The van der Waals surface area contributed by atoms with E-state index in [1.165, 1.54) is 57.8 Å². The summed E-state index contributed by atoms with van der Waals surface area (Å²) in [5.41, 5.74) is 2.50. The molecule has 5 saturated carbocycles. The molecule has 0 aromatic heterocycles. The van der Waals surface area contributed by atoms with Gasteiger partial charge in [-0.05, 0) is 114 Å². The first-order valence-electron chi connectivity index (χ1n) is 13.8. The van der Waals surface area contributed by atoms with Crippen molar-refractivity contribution in [1.29, 1.82) is 0 Å². The number of carbonyl (C=O) groups excluding carboxylic acids is 1. The van der Waals surface area contributed by atoms with Gasteiger partial charge in [0.15, 0.2) is 0 Å². The summed E-state index contributed by atoms with van der Waals surface area (Å²) in [4.78, 5) is 13.1. The van der Waals surface area contributed by atoms with Gasteiger partial charge in [0.1, 0.15) is 5.78 Å². The standard InChI is InChI=1S/C30H49BrO/c1-19-24(32)20(31)17-22-27(19,5)10-9-21-28(22,6)14-16-30(8)23-18-25(2,3)11-12-26(23,4)13-15-29(21,30)7/h19-23H,9-18H2,1-8H3. The summed E-state index contributed by atoms with van der Waals surface area (Å²) in [6.45, 7) is 20.6. The van der Waals surface area contributed by atoms with Gasteiger partial charge < -0.3 is 0 Å². The van der Waals surface area contributed by atoms with Crippen LogP contribution in [0.25, 0.3) is 0 Å². The normalized spacial score (nSPS) is 59.4. The maximum atomic E-state index is 13.0. The van der Waals surface area contributed by atoms with E-state index in [1.807, 2.05) is 0 Å². The number of Topliss-reactive ketones (excluding diaryl/α,β-unsaturated/α-hetero) is 1. The van der Waals surface area contributed by atoms with Crippen LogP contribution in [0, 0.1) is 56.2 Å². The van der Waals surface area contributed by atoms with Gasteiger partial charge in [-0.15, -0.1) is 0 Å². The van der Waals surface area contributed by atoms with Gasteiger partial charge in [0.25, 0.3) is 0 Å². The van der Waals surface area contributed by atoms with Gasteiger partial charge in [0, 0.05) is 5.92 Å². The van der Waals surface area contributed by atoms with Crippen LogP contribution in [-0.2, 0) is 4.79 Å². The molecule has 10 unspecified atom stereocenters. The average molecular weight is 506 g/mol.